The Bertz CT molecular complexity index is 600. The number of carbonyl (C=O) groups is 1. The van der Waals surface area contributed by atoms with Crippen LogP contribution in [0.1, 0.15) is 24.3 Å². The Labute approximate surface area is 123 Å². The summed E-state index contributed by atoms with van der Waals surface area (Å²) in [6.45, 7) is 4.87. The topological polar surface area (TPSA) is 60.5 Å². The highest BCUT2D eigenvalue weighted by molar-refractivity contribution is 6.03. The van der Waals surface area contributed by atoms with Crippen molar-refractivity contribution in [2.75, 3.05) is 18.5 Å². The van der Waals surface area contributed by atoms with E-state index in [1.54, 1.807) is 36.5 Å². The summed E-state index contributed by atoms with van der Waals surface area (Å²) in [7, 11) is 0. The van der Waals surface area contributed by atoms with Gasteiger partial charge in [-0.15, -0.1) is 0 Å². The number of hydrogen-bond donors (Lipinski definition) is 1. The number of rotatable bonds is 6. The highest BCUT2D eigenvalue weighted by Gasteiger charge is 2.12. The van der Waals surface area contributed by atoms with Gasteiger partial charge in [-0.25, -0.2) is 0 Å². The van der Waals surface area contributed by atoms with Crippen molar-refractivity contribution < 1.29 is 14.3 Å². The van der Waals surface area contributed by atoms with Crippen LogP contribution in [0, 0.1) is 0 Å². The Hall–Kier alpha value is -2.56. The van der Waals surface area contributed by atoms with Crippen LogP contribution in [0.15, 0.2) is 42.6 Å². The van der Waals surface area contributed by atoms with E-state index in [2.05, 4.69) is 10.3 Å². The Morgan fingerprint density at radius 1 is 1.14 bits per heavy atom. The second-order valence-electron chi connectivity index (χ2n) is 4.19. The largest absolute Gasteiger partial charge is 0.494 e. The van der Waals surface area contributed by atoms with E-state index >= 15 is 0 Å². The molecule has 0 radical (unpaired) electrons. The van der Waals surface area contributed by atoms with E-state index in [0.29, 0.717) is 36.1 Å². The lowest BCUT2D eigenvalue weighted by Crippen LogP contribution is -2.14. The third-order valence-electron chi connectivity index (χ3n) is 2.71. The molecule has 1 N–H and O–H groups in total. The Morgan fingerprint density at radius 2 is 1.95 bits per heavy atom. The summed E-state index contributed by atoms with van der Waals surface area (Å²) in [6.07, 6.45) is 1.58. The molecule has 1 heterocycles. The lowest BCUT2D eigenvalue weighted by Gasteiger charge is -2.13. The van der Waals surface area contributed by atoms with Crippen molar-refractivity contribution in [2.24, 2.45) is 0 Å². The summed E-state index contributed by atoms with van der Waals surface area (Å²) < 4.78 is 11.0. The molecule has 0 fully saturated rings. The normalized spacial score (nSPS) is 10.0. The van der Waals surface area contributed by atoms with Crippen LogP contribution in [0.5, 0.6) is 11.5 Å². The molecule has 0 saturated heterocycles. The molecule has 110 valence electrons. The van der Waals surface area contributed by atoms with Crippen LogP contribution in [-0.4, -0.2) is 24.1 Å². The van der Waals surface area contributed by atoms with Gasteiger partial charge in [0.1, 0.15) is 17.2 Å². The molecule has 0 bridgehead atoms. The second kappa shape index (κ2) is 7.28. The van der Waals surface area contributed by atoms with Crippen molar-refractivity contribution in [2.45, 2.75) is 13.8 Å². The molecular formula is C16H18N2O3. The average Bonchev–Trinajstić information content (AvgIpc) is 2.51. The molecule has 0 atom stereocenters. The van der Waals surface area contributed by atoms with Gasteiger partial charge < -0.3 is 14.8 Å². The summed E-state index contributed by atoms with van der Waals surface area (Å²) in [4.78, 5) is 16.2. The zero-order valence-corrected chi connectivity index (χ0v) is 12.1. The van der Waals surface area contributed by atoms with Crippen molar-refractivity contribution >= 4 is 11.6 Å². The molecule has 0 aliphatic carbocycles. The summed E-state index contributed by atoms with van der Waals surface area (Å²) in [5.74, 6) is 0.993. The fourth-order valence-corrected chi connectivity index (χ4v) is 1.83. The molecule has 0 saturated carbocycles. The first-order chi connectivity index (χ1) is 10.2. The summed E-state index contributed by atoms with van der Waals surface area (Å²) >= 11 is 0. The van der Waals surface area contributed by atoms with Gasteiger partial charge >= 0.3 is 0 Å². The van der Waals surface area contributed by atoms with E-state index in [0.717, 1.165) is 0 Å². The maximum absolute atomic E-state index is 12.2. The molecule has 5 nitrogen and oxygen atoms in total. The van der Waals surface area contributed by atoms with Crippen molar-refractivity contribution in [3.05, 3.63) is 48.3 Å². The van der Waals surface area contributed by atoms with Gasteiger partial charge in [-0.3, -0.25) is 9.78 Å². The van der Waals surface area contributed by atoms with Crippen LogP contribution >= 0.6 is 0 Å². The molecule has 0 spiro atoms. The third-order valence-corrected chi connectivity index (χ3v) is 2.71. The number of aromatic nitrogens is 1. The quantitative estimate of drug-likeness (QED) is 0.886. The maximum Gasteiger partial charge on any atom is 0.274 e. The van der Waals surface area contributed by atoms with Crippen LogP contribution in [0.3, 0.4) is 0 Å². The van der Waals surface area contributed by atoms with Gasteiger partial charge in [0.15, 0.2) is 0 Å². The van der Waals surface area contributed by atoms with Crippen LogP contribution in [0.25, 0.3) is 0 Å². The molecule has 0 unspecified atom stereocenters. The number of hydrogen-bond acceptors (Lipinski definition) is 4. The number of amides is 1. The number of carbonyl (C=O) groups excluding carboxylic acids is 1. The number of pyridine rings is 1. The lowest BCUT2D eigenvalue weighted by molar-refractivity contribution is 0.102. The molecular weight excluding hydrogens is 268 g/mol. The molecule has 1 aromatic carbocycles. The summed E-state index contributed by atoms with van der Waals surface area (Å²) in [6, 6.07) is 10.5. The monoisotopic (exact) mass is 286 g/mol. The maximum atomic E-state index is 12.2. The summed E-state index contributed by atoms with van der Waals surface area (Å²) in [5, 5.41) is 2.80. The Balaban J connectivity index is 2.23. The van der Waals surface area contributed by atoms with E-state index in [-0.39, 0.29) is 5.91 Å². The second-order valence-corrected chi connectivity index (χ2v) is 4.19. The molecule has 2 aromatic rings. The minimum absolute atomic E-state index is 0.287. The predicted octanol–water partition coefficient (Wildman–Crippen LogP) is 3.13. The van der Waals surface area contributed by atoms with E-state index < -0.39 is 0 Å². The fourth-order valence-electron chi connectivity index (χ4n) is 1.83. The molecule has 1 amide bonds. The molecule has 2 rings (SSSR count). The predicted molar refractivity (Wildman–Crippen MR) is 81.0 cm³/mol. The number of anilines is 1. The number of benzene rings is 1. The first-order valence-electron chi connectivity index (χ1n) is 6.86. The Kier molecular flexibility index (Phi) is 5.15. The summed E-state index contributed by atoms with van der Waals surface area (Å²) in [5.41, 5.74) is 0.917. The van der Waals surface area contributed by atoms with Gasteiger partial charge in [0.05, 0.1) is 18.9 Å². The van der Waals surface area contributed by atoms with Crippen LogP contribution < -0.4 is 14.8 Å². The first-order valence-corrected chi connectivity index (χ1v) is 6.86. The lowest BCUT2D eigenvalue weighted by atomic mass is 10.2. The van der Waals surface area contributed by atoms with Crippen molar-refractivity contribution in [1.82, 2.24) is 4.98 Å². The number of nitrogens with zero attached hydrogens (tertiary/aromatic N) is 1. The zero-order chi connectivity index (χ0) is 15.1. The van der Waals surface area contributed by atoms with Gasteiger partial charge in [-0.1, -0.05) is 6.07 Å². The average molecular weight is 286 g/mol. The highest BCUT2D eigenvalue weighted by atomic mass is 16.5. The fraction of sp³-hybridized carbons (Fsp3) is 0.250. The SMILES string of the molecule is CCOc1ccc(OCC)c(NC(=O)c2ccccn2)c1. The molecule has 5 heteroatoms. The van der Waals surface area contributed by atoms with E-state index in [1.807, 2.05) is 19.9 Å². The van der Waals surface area contributed by atoms with Gasteiger partial charge in [-0.05, 0) is 38.1 Å². The van der Waals surface area contributed by atoms with E-state index in [4.69, 9.17) is 9.47 Å². The van der Waals surface area contributed by atoms with Crippen molar-refractivity contribution in [3.8, 4) is 11.5 Å². The van der Waals surface area contributed by atoms with Gasteiger partial charge in [0, 0.05) is 12.3 Å². The van der Waals surface area contributed by atoms with Gasteiger partial charge in [-0.2, -0.15) is 0 Å². The van der Waals surface area contributed by atoms with Gasteiger partial charge in [0.2, 0.25) is 0 Å². The Morgan fingerprint density at radius 3 is 2.62 bits per heavy atom. The smallest absolute Gasteiger partial charge is 0.274 e. The van der Waals surface area contributed by atoms with Crippen LogP contribution in [-0.2, 0) is 0 Å². The van der Waals surface area contributed by atoms with Crippen molar-refractivity contribution in [3.63, 3.8) is 0 Å². The highest BCUT2D eigenvalue weighted by Crippen LogP contribution is 2.29. The van der Waals surface area contributed by atoms with Crippen LogP contribution in [0.4, 0.5) is 5.69 Å². The first kappa shape index (κ1) is 14.8. The number of ether oxygens (including phenoxy) is 2. The molecule has 0 aliphatic heterocycles. The third kappa shape index (κ3) is 3.95. The minimum atomic E-state index is -0.287. The van der Waals surface area contributed by atoms with Crippen molar-refractivity contribution in [1.29, 1.82) is 0 Å². The van der Waals surface area contributed by atoms with Crippen LogP contribution in [0.2, 0.25) is 0 Å². The molecule has 0 aliphatic rings. The van der Waals surface area contributed by atoms with Gasteiger partial charge in [0.25, 0.3) is 5.91 Å². The van der Waals surface area contributed by atoms with E-state index in [9.17, 15) is 4.79 Å². The minimum Gasteiger partial charge on any atom is -0.494 e. The number of nitrogens with one attached hydrogen (secondary N) is 1. The molecule has 21 heavy (non-hydrogen) atoms. The molecule has 1 aromatic heterocycles. The zero-order valence-electron chi connectivity index (χ0n) is 12.1. The standard InChI is InChI=1S/C16H18N2O3/c1-3-20-12-8-9-15(21-4-2)14(11-12)18-16(19)13-7-5-6-10-17-13/h5-11H,3-4H2,1-2H3,(H,18,19). The van der Waals surface area contributed by atoms with E-state index in [1.165, 1.54) is 0 Å².